The number of ether oxygens (including phenoxy) is 3. The SMILES string of the molecule is BC(C)(C)C(=O)OCC(C)(COC(=O)C(C)(C)Br)OCCC=O. The zero-order valence-corrected chi connectivity index (χ0v) is 16.3. The maximum Gasteiger partial charge on any atom is 0.322 e. The van der Waals surface area contributed by atoms with Crippen LogP contribution in [0, 0.1) is 0 Å². The summed E-state index contributed by atoms with van der Waals surface area (Å²) in [4.78, 5) is 34.2. The number of aldehydes is 1. The molecule has 0 aromatic carbocycles. The van der Waals surface area contributed by atoms with Gasteiger partial charge in [0.2, 0.25) is 0 Å². The van der Waals surface area contributed by atoms with Gasteiger partial charge < -0.3 is 19.0 Å². The summed E-state index contributed by atoms with van der Waals surface area (Å²) in [5.74, 6) is -0.834. The van der Waals surface area contributed by atoms with Crippen LogP contribution in [0.5, 0.6) is 0 Å². The van der Waals surface area contributed by atoms with Crippen molar-refractivity contribution in [2.45, 2.75) is 56.3 Å². The Balaban J connectivity index is 4.78. The van der Waals surface area contributed by atoms with Gasteiger partial charge in [-0.05, 0) is 20.8 Å². The van der Waals surface area contributed by atoms with Crippen LogP contribution in [-0.2, 0) is 28.6 Å². The Hall–Kier alpha value is -0.885. The lowest BCUT2D eigenvalue weighted by Gasteiger charge is -2.31. The number of carbonyl (C=O) groups excluding carboxylic acids is 3. The largest absolute Gasteiger partial charge is 0.463 e. The molecule has 1 unspecified atom stereocenters. The quantitative estimate of drug-likeness (QED) is 0.184. The van der Waals surface area contributed by atoms with E-state index >= 15 is 0 Å². The van der Waals surface area contributed by atoms with Crippen molar-refractivity contribution < 1.29 is 28.6 Å². The van der Waals surface area contributed by atoms with E-state index in [9.17, 15) is 14.4 Å². The first-order valence-corrected chi connectivity index (χ1v) is 8.22. The molecule has 0 N–H and O–H groups in total. The Morgan fingerprint density at radius 1 is 1.04 bits per heavy atom. The molecule has 0 amide bonds. The van der Waals surface area contributed by atoms with E-state index in [4.69, 9.17) is 14.2 Å². The molecule has 0 fully saturated rings. The molecule has 0 radical (unpaired) electrons. The van der Waals surface area contributed by atoms with E-state index in [1.807, 2.05) is 0 Å². The maximum absolute atomic E-state index is 11.9. The summed E-state index contributed by atoms with van der Waals surface area (Å²) >= 11 is 3.22. The summed E-state index contributed by atoms with van der Waals surface area (Å²) in [5.41, 5.74) is -1.02. The molecule has 0 saturated carbocycles. The molecule has 0 saturated heterocycles. The van der Waals surface area contributed by atoms with Crippen LogP contribution < -0.4 is 0 Å². The molecular formula is C15H26BBrO6. The fourth-order valence-electron chi connectivity index (χ4n) is 1.30. The van der Waals surface area contributed by atoms with Crippen LogP contribution in [0.25, 0.3) is 0 Å². The van der Waals surface area contributed by atoms with Gasteiger partial charge in [0, 0.05) is 11.7 Å². The maximum atomic E-state index is 11.9. The van der Waals surface area contributed by atoms with Crippen molar-refractivity contribution in [1.29, 1.82) is 0 Å². The molecule has 8 heteroatoms. The van der Waals surface area contributed by atoms with Crippen LogP contribution in [0.3, 0.4) is 0 Å². The first-order chi connectivity index (χ1) is 10.3. The van der Waals surface area contributed by atoms with E-state index in [1.54, 1.807) is 42.5 Å². The molecule has 1 atom stereocenters. The molecule has 0 aliphatic heterocycles. The first-order valence-electron chi connectivity index (χ1n) is 7.43. The molecular weight excluding hydrogens is 367 g/mol. The zero-order chi connectivity index (χ0) is 18.3. The third kappa shape index (κ3) is 9.10. The minimum atomic E-state index is -1.02. The fourth-order valence-corrected chi connectivity index (χ4v) is 1.42. The van der Waals surface area contributed by atoms with Crippen LogP contribution in [0.15, 0.2) is 0 Å². The molecule has 0 heterocycles. The average Bonchev–Trinajstić information content (AvgIpc) is 2.40. The van der Waals surface area contributed by atoms with Crippen molar-refractivity contribution in [3.63, 3.8) is 0 Å². The fraction of sp³-hybridized carbons (Fsp3) is 0.800. The normalized spacial score (nSPS) is 14.7. The third-order valence-corrected chi connectivity index (χ3v) is 3.12. The standard InChI is InChI=1S/C15H26BBrO6/c1-13(2,16)11(19)21-9-15(5,23-8-6-7-18)10-22-12(20)14(3,4)17/h7H,6,8-10,16H2,1-5H3. The van der Waals surface area contributed by atoms with Crippen molar-refractivity contribution in [2.75, 3.05) is 19.8 Å². The van der Waals surface area contributed by atoms with Crippen molar-refractivity contribution in [1.82, 2.24) is 0 Å². The molecule has 0 aliphatic rings. The van der Waals surface area contributed by atoms with Gasteiger partial charge in [0.15, 0.2) is 0 Å². The topological polar surface area (TPSA) is 78.9 Å². The van der Waals surface area contributed by atoms with Gasteiger partial charge in [-0.2, -0.15) is 0 Å². The molecule has 0 bridgehead atoms. The molecule has 0 aliphatic carbocycles. The van der Waals surface area contributed by atoms with Crippen molar-refractivity contribution >= 4 is 42.0 Å². The second-order valence-corrected chi connectivity index (χ2v) is 9.11. The smallest absolute Gasteiger partial charge is 0.322 e. The number of esters is 2. The second kappa shape index (κ2) is 8.82. The minimum absolute atomic E-state index is 0.0715. The van der Waals surface area contributed by atoms with E-state index in [2.05, 4.69) is 15.9 Å². The minimum Gasteiger partial charge on any atom is -0.463 e. The number of halogens is 1. The lowest BCUT2D eigenvalue weighted by Crippen LogP contribution is -2.43. The number of rotatable bonds is 10. The van der Waals surface area contributed by atoms with Crippen LogP contribution in [-0.4, -0.2) is 55.8 Å². The van der Waals surface area contributed by atoms with E-state index in [1.165, 1.54) is 0 Å². The summed E-state index contributed by atoms with van der Waals surface area (Å²) < 4.78 is 15.3. The molecule has 6 nitrogen and oxygen atoms in total. The van der Waals surface area contributed by atoms with E-state index < -0.39 is 21.2 Å². The summed E-state index contributed by atoms with van der Waals surface area (Å²) in [6.07, 6.45) is 0.940. The Labute approximate surface area is 147 Å². The van der Waals surface area contributed by atoms with Gasteiger partial charge in [0.25, 0.3) is 0 Å². The van der Waals surface area contributed by atoms with Crippen LogP contribution in [0.2, 0.25) is 5.31 Å². The summed E-state index contributed by atoms with van der Waals surface area (Å²) in [5, 5.41) is -0.641. The Kier molecular flexibility index (Phi) is 8.48. The van der Waals surface area contributed by atoms with Crippen molar-refractivity contribution in [3.8, 4) is 0 Å². The van der Waals surface area contributed by atoms with Gasteiger partial charge >= 0.3 is 11.9 Å². The number of carbonyl (C=O) groups is 3. The lowest BCUT2D eigenvalue weighted by molar-refractivity contribution is -0.171. The average molecular weight is 393 g/mol. The summed E-state index contributed by atoms with van der Waals surface area (Å²) in [7, 11) is 1.74. The highest BCUT2D eigenvalue weighted by molar-refractivity contribution is 9.10. The third-order valence-electron chi connectivity index (χ3n) is 2.80. The Bertz CT molecular complexity index is 395. The van der Waals surface area contributed by atoms with Gasteiger partial charge in [0.05, 0.1) is 6.61 Å². The zero-order valence-electron chi connectivity index (χ0n) is 14.7. The van der Waals surface area contributed by atoms with Crippen molar-refractivity contribution in [2.24, 2.45) is 0 Å². The van der Waals surface area contributed by atoms with Gasteiger partial charge in [-0.3, -0.25) is 9.59 Å². The molecule has 132 valence electrons. The first kappa shape index (κ1) is 22.1. The highest BCUT2D eigenvalue weighted by Crippen LogP contribution is 2.23. The van der Waals surface area contributed by atoms with Crippen molar-refractivity contribution in [3.05, 3.63) is 0 Å². The van der Waals surface area contributed by atoms with E-state index in [0.717, 1.165) is 6.29 Å². The van der Waals surface area contributed by atoms with Crippen LogP contribution >= 0.6 is 15.9 Å². The molecule has 0 aromatic heterocycles. The van der Waals surface area contributed by atoms with E-state index in [-0.39, 0.29) is 32.2 Å². The Morgan fingerprint density at radius 2 is 1.52 bits per heavy atom. The van der Waals surface area contributed by atoms with Gasteiger partial charge in [-0.1, -0.05) is 29.8 Å². The summed E-state index contributed by atoms with van der Waals surface area (Å²) in [6, 6.07) is 0. The monoisotopic (exact) mass is 392 g/mol. The molecule has 23 heavy (non-hydrogen) atoms. The second-order valence-electron chi connectivity index (χ2n) is 7.13. The highest BCUT2D eigenvalue weighted by atomic mass is 79.9. The Morgan fingerprint density at radius 3 is 1.91 bits per heavy atom. The summed E-state index contributed by atoms with van der Waals surface area (Å²) in [6.45, 7) is 8.49. The lowest BCUT2D eigenvalue weighted by atomic mass is 9.73. The van der Waals surface area contributed by atoms with Gasteiger partial charge in [-0.25, -0.2) is 0 Å². The number of hydrogen-bond donors (Lipinski definition) is 0. The predicted molar refractivity (Wildman–Crippen MR) is 92.5 cm³/mol. The van der Waals surface area contributed by atoms with Crippen LogP contribution in [0.1, 0.15) is 41.0 Å². The molecule has 0 aromatic rings. The highest BCUT2D eigenvalue weighted by Gasteiger charge is 2.34. The van der Waals surface area contributed by atoms with E-state index in [0.29, 0.717) is 0 Å². The van der Waals surface area contributed by atoms with Gasteiger partial charge in [-0.15, -0.1) is 0 Å². The molecule has 0 rings (SSSR count). The predicted octanol–water partition coefficient (Wildman–Crippen LogP) is 1.44. The van der Waals surface area contributed by atoms with Crippen LogP contribution in [0.4, 0.5) is 0 Å². The number of alkyl halides is 1. The number of hydrogen-bond acceptors (Lipinski definition) is 6. The van der Waals surface area contributed by atoms with Gasteiger partial charge in [0.1, 0.15) is 37.3 Å². The molecule has 0 spiro atoms.